The summed E-state index contributed by atoms with van der Waals surface area (Å²) in [5, 5.41) is 19.2. The molecule has 15 heavy (non-hydrogen) atoms. The first-order valence-corrected chi connectivity index (χ1v) is 5.90. The topological polar surface area (TPSA) is 70.7 Å². The first kappa shape index (κ1) is 10.6. The van der Waals surface area contributed by atoms with Crippen LogP contribution in [0.1, 0.15) is 29.0 Å². The van der Waals surface area contributed by atoms with Crippen LogP contribution in [0.25, 0.3) is 0 Å². The highest BCUT2D eigenvalue weighted by Gasteiger charge is 2.36. The van der Waals surface area contributed by atoms with E-state index in [0.717, 1.165) is 11.5 Å². The van der Waals surface area contributed by atoms with E-state index in [1.54, 1.807) is 17.8 Å². The van der Waals surface area contributed by atoms with Crippen LogP contribution in [0.3, 0.4) is 0 Å². The van der Waals surface area contributed by atoms with Crippen molar-refractivity contribution in [3.05, 3.63) is 23.7 Å². The summed E-state index contributed by atoms with van der Waals surface area (Å²) in [6, 6.07) is 1.56. The minimum Gasteiger partial charge on any atom is -0.475 e. The Morgan fingerprint density at radius 3 is 2.73 bits per heavy atom. The van der Waals surface area contributed by atoms with Crippen LogP contribution >= 0.6 is 11.8 Å². The fourth-order valence-electron chi connectivity index (χ4n) is 1.82. The molecule has 5 heteroatoms. The third kappa shape index (κ3) is 1.89. The highest BCUT2D eigenvalue weighted by molar-refractivity contribution is 7.99. The van der Waals surface area contributed by atoms with Crippen molar-refractivity contribution in [1.82, 2.24) is 0 Å². The Hall–Kier alpha value is -0.940. The maximum Gasteiger partial charge on any atom is 0.372 e. The molecule has 82 valence electrons. The van der Waals surface area contributed by atoms with Crippen LogP contribution < -0.4 is 0 Å². The third-order valence-corrected chi connectivity index (χ3v) is 3.67. The Kier molecular flexibility index (Phi) is 2.75. The highest BCUT2D eigenvalue weighted by atomic mass is 32.2. The quantitative estimate of drug-likeness (QED) is 0.806. The molecule has 0 unspecified atom stereocenters. The molecule has 0 radical (unpaired) electrons. The molecule has 0 spiro atoms. The van der Waals surface area contributed by atoms with Crippen LogP contribution in [-0.4, -0.2) is 27.7 Å². The van der Waals surface area contributed by atoms with Crippen LogP contribution in [0, 0.1) is 0 Å². The van der Waals surface area contributed by atoms with E-state index >= 15 is 0 Å². The van der Waals surface area contributed by atoms with E-state index in [-0.39, 0.29) is 5.76 Å². The average molecular weight is 228 g/mol. The van der Waals surface area contributed by atoms with Gasteiger partial charge in [-0.1, -0.05) is 0 Å². The zero-order valence-electron chi connectivity index (χ0n) is 8.10. The summed E-state index contributed by atoms with van der Waals surface area (Å²) in [6.45, 7) is 0. The van der Waals surface area contributed by atoms with Gasteiger partial charge in [0.2, 0.25) is 5.76 Å². The lowest BCUT2D eigenvalue weighted by Crippen LogP contribution is -2.31. The standard InChI is InChI=1S/C10H12O4S/c11-9(12)8-7(1-4-14-8)10(13)2-5-15-6-3-10/h1,4,13H,2-3,5-6H2,(H,11,12). The summed E-state index contributed by atoms with van der Waals surface area (Å²) in [7, 11) is 0. The first-order valence-electron chi connectivity index (χ1n) is 4.75. The molecule has 0 amide bonds. The van der Waals surface area contributed by atoms with E-state index in [1.807, 2.05) is 0 Å². The normalized spacial score (nSPS) is 20.1. The lowest BCUT2D eigenvalue weighted by Gasteiger charge is -2.31. The van der Waals surface area contributed by atoms with E-state index < -0.39 is 11.6 Å². The molecule has 2 N–H and O–H groups in total. The summed E-state index contributed by atoms with van der Waals surface area (Å²) in [5.74, 6) is 0.438. The lowest BCUT2D eigenvalue weighted by atomic mass is 9.88. The monoisotopic (exact) mass is 228 g/mol. The first-order chi connectivity index (χ1) is 7.13. The smallest absolute Gasteiger partial charge is 0.372 e. The molecule has 1 aromatic rings. The maximum absolute atomic E-state index is 10.9. The Bertz CT molecular complexity index is 365. The van der Waals surface area contributed by atoms with Crippen molar-refractivity contribution in [2.24, 2.45) is 0 Å². The van der Waals surface area contributed by atoms with Gasteiger partial charge in [0.25, 0.3) is 0 Å². The summed E-state index contributed by atoms with van der Waals surface area (Å²) in [6.07, 6.45) is 2.48. The molecule has 1 aromatic heterocycles. The van der Waals surface area contributed by atoms with Gasteiger partial charge in [0.15, 0.2) is 0 Å². The van der Waals surface area contributed by atoms with Gasteiger partial charge in [-0.25, -0.2) is 4.79 Å². The van der Waals surface area contributed by atoms with Crippen molar-refractivity contribution in [3.8, 4) is 0 Å². The van der Waals surface area contributed by atoms with Crippen molar-refractivity contribution in [2.75, 3.05) is 11.5 Å². The zero-order valence-corrected chi connectivity index (χ0v) is 8.92. The van der Waals surface area contributed by atoms with Crippen molar-refractivity contribution in [3.63, 3.8) is 0 Å². The van der Waals surface area contributed by atoms with Gasteiger partial charge in [-0.05, 0) is 30.4 Å². The maximum atomic E-state index is 10.9. The number of rotatable bonds is 2. The predicted octanol–water partition coefficient (Wildman–Crippen LogP) is 1.69. The van der Waals surface area contributed by atoms with Crippen LogP contribution in [-0.2, 0) is 5.60 Å². The molecule has 1 saturated heterocycles. The van der Waals surface area contributed by atoms with Gasteiger partial charge in [-0.15, -0.1) is 0 Å². The summed E-state index contributed by atoms with van der Waals surface area (Å²) < 4.78 is 4.88. The fraction of sp³-hybridized carbons (Fsp3) is 0.500. The Balaban J connectivity index is 2.34. The van der Waals surface area contributed by atoms with Crippen molar-refractivity contribution < 1.29 is 19.4 Å². The summed E-state index contributed by atoms with van der Waals surface area (Å²) in [4.78, 5) is 10.9. The molecule has 0 aromatic carbocycles. The van der Waals surface area contributed by atoms with Crippen molar-refractivity contribution >= 4 is 17.7 Å². The highest BCUT2D eigenvalue weighted by Crippen LogP contribution is 2.37. The molecule has 1 aliphatic heterocycles. The second-order valence-electron chi connectivity index (χ2n) is 3.61. The van der Waals surface area contributed by atoms with Gasteiger partial charge in [0.1, 0.15) is 0 Å². The number of hydrogen-bond donors (Lipinski definition) is 2. The van der Waals surface area contributed by atoms with Crippen LogP contribution in [0.15, 0.2) is 16.7 Å². The van der Waals surface area contributed by atoms with Crippen LogP contribution in [0.2, 0.25) is 0 Å². The molecule has 1 fully saturated rings. The number of furan rings is 1. The van der Waals surface area contributed by atoms with Gasteiger partial charge in [-0.3, -0.25) is 0 Å². The number of carboxylic acid groups (broad SMARTS) is 1. The molecule has 0 atom stereocenters. The molecule has 0 bridgehead atoms. The summed E-state index contributed by atoms with van der Waals surface area (Å²) in [5.41, 5.74) is -0.610. The van der Waals surface area contributed by atoms with Crippen molar-refractivity contribution in [2.45, 2.75) is 18.4 Å². The number of aromatic carboxylic acids is 1. The Morgan fingerprint density at radius 2 is 2.13 bits per heavy atom. The van der Waals surface area contributed by atoms with Crippen LogP contribution in [0.5, 0.6) is 0 Å². The Morgan fingerprint density at radius 1 is 1.47 bits per heavy atom. The van der Waals surface area contributed by atoms with E-state index in [2.05, 4.69) is 0 Å². The number of carbonyl (C=O) groups is 1. The number of hydrogen-bond acceptors (Lipinski definition) is 4. The Labute approximate surface area is 91.3 Å². The predicted molar refractivity (Wildman–Crippen MR) is 56.1 cm³/mol. The van der Waals surface area contributed by atoms with E-state index in [9.17, 15) is 9.90 Å². The third-order valence-electron chi connectivity index (χ3n) is 2.68. The van der Waals surface area contributed by atoms with Gasteiger partial charge in [0.05, 0.1) is 11.9 Å². The van der Waals surface area contributed by atoms with Crippen molar-refractivity contribution in [1.29, 1.82) is 0 Å². The molecule has 0 aliphatic carbocycles. The molecule has 0 saturated carbocycles. The number of thioether (sulfide) groups is 1. The van der Waals surface area contributed by atoms with Gasteiger partial charge in [0, 0.05) is 5.56 Å². The van der Waals surface area contributed by atoms with Gasteiger partial charge < -0.3 is 14.6 Å². The minimum absolute atomic E-state index is 0.135. The van der Waals surface area contributed by atoms with E-state index in [1.165, 1.54) is 6.26 Å². The average Bonchev–Trinajstić information content (AvgIpc) is 2.67. The minimum atomic E-state index is -1.12. The number of aliphatic hydroxyl groups is 1. The SMILES string of the molecule is O=C(O)c1occc1C1(O)CCSCC1. The van der Waals surface area contributed by atoms with Gasteiger partial charge >= 0.3 is 5.97 Å². The zero-order chi connectivity index (χ0) is 10.9. The second-order valence-corrected chi connectivity index (χ2v) is 4.84. The second kappa shape index (κ2) is 3.90. The summed E-state index contributed by atoms with van der Waals surface area (Å²) >= 11 is 1.77. The fourth-order valence-corrected chi connectivity index (χ4v) is 2.99. The van der Waals surface area contributed by atoms with Crippen LogP contribution in [0.4, 0.5) is 0 Å². The lowest BCUT2D eigenvalue weighted by molar-refractivity contribution is 0.0244. The molecule has 1 aliphatic rings. The molecule has 4 nitrogen and oxygen atoms in total. The molecule has 2 rings (SSSR count). The van der Waals surface area contributed by atoms with E-state index in [4.69, 9.17) is 9.52 Å². The largest absolute Gasteiger partial charge is 0.475 e. The van der Waals surface area contributed by atoms with Gasteiger partial charge in [-0.2, -0.15) is 11.8 Å². The van der Waals surface area contributed by atoms with E-state index in [0.29, 0.717) is 18.4 Å². The molecular formula is C10H12O4S. The molecule has 2 heterocycles. The molecular weight excluding hydrogens is 216 g/mol. The number of carboxylic acids is 1.